The molecule has 0 aromatic heterocycles. The Bertz CT molecular complexity index is 1060. The van der Waals surface area contributed by atoms with Crippen LogP contribution in [-0.2, 0) is 19.1 Å². The van der Waals surface area contributed by atoms with Crippen molar-refractivity contribution in [2.75, 3.05) is 11.6 Å². The second kappa shape index (κ2) is 8.30. The van der Waals surface area contributed by atoms with Crippen molar-refractivity contribution < 1.29 is 19.1 Å². The molecule has 1 spiro atoms. The number of carbonyl (C=O) groups excluding carboxylic acids is 3. The number of nitrogens with zero attached hydrogens (tertiary/aromatic N) is 2. The van der Waals surface area contributed by atoms with Crippen LogP contribution < -0.4 is 5.01 Å². The Morgan fingerprint density at radius 1 is 1.16 bits per heavy atom. The van der Waals surface area contributed by atoms with Crippen LogP contribution in [0.25, 0.3) is 0 Å². The van der Waals surface area contributed by atoms with Crippen molar-refractivity contribution in [3.05, 3.63) is 77.9 Å². The number of hydrazone groups is 1. The molecule has 2 aromatic rings. The van der Waals surface area contributed by atoms with E-state index in [-0.39, 0.29) is 24.0 Å². The van der Waals surface area contributed by atoms with E-state index in [1.165, 1.54) is 5.01 Å². The molecule has 0 N–H and O–H groups in total. The number of hydrogen-bond acceptors (Lipinski definition) is 5. The molecule has 0 fully saturated rings. The van der Waals surface area contributed by atoms with Gasteiger partial charge >= 0.3 is 5.97 Å². The van der Waals surface area contributed by atoms with Gasteiger partial charge in [-0.3, -0.25) is 14.4 Å². The van der Waals surface area contributed by atoms with Crippen molar-refractivity contribution in [1.29, 1.82) is 0 Å². The van der Waals surface area contributed by atoms with Crippen molar-refractivity contribution >= 4 is 29.6 Å². The number of aldehydes is 1. The summed E-state index contributed by atoms with van der Waals surface area (Å²) in [6, 6.07) is 18.7. The molecular weight excluding hydrogens is 392 g/mol. The lowest BCUT2D eigenvalue weighted by Crippen LogP contribution is -2.54. The minimum Gasteiger partial charge on any atom is -0.465 e. The zero-order chi connectivity index (χ0) is 22.0. The van der Waals surface area contributed by atoms with Crippen LogP contribution >= 0.6 is 0 Å². The van der Waals surface area contributed by atoms with Crippen LogP contribution in [0.1, 0.15) is 31.7 Å². The van der Waals surface area contributed by atoms with Crippen molar-refractivity contribution in [2.45, 2.75) is 26.2 Å². The summed E-state index contributed by atoms with van der Waals surface area (Å²) in [5.74, 6) is -2.33. The zero-order valence-corrected chi connectivity index (χ0v) is 17.5. The van der Waals surface area contributed by atoms with E-state index in [2.05, 4.69) is 5.10 Å². The standard InChI is InChI=1S/C25H24N2O4/c1-3-31-23(29)22-19(16-28)14-15-21(18-10-6-4-7-11-18)25(22)17(2)26-27(24(25)30)20-12-8-5-9-13-20/h4-14,16,21-22H,3,15H2,1-2H3/t21-,22-,25+/m0/s1. The molecule has 6 heteroatoms. The van der Waals surface area contributed by atoms with Crippen LogP contribution in [0.15, 0.2) is 77.4 Å². The normalized spacial score (nSPS) is 25.2. The molecule has 3 atom stereocenters. The number of benzene rings is 2. The summed E-state index contributed by atoms with van der Waals surface area (Å²) < 4.78 is 5.36. The summed E-state index contributed by atoms with van der Waals surface area (Å²) in [5.41, 5.74) is 0.953. The van der Waals surface area contributed by atoms with E-state index >= 15 is 0 Å². The number of para-hydroxylation sites is 1. The van der Waals surface area contributed by atoms with E-state index in [1.54, 1.807) is 32.1 Å². The SMILES string of the molecule is CCOC(=O)[C@@H]1C(C=O)=CC[C@@H](c2ccccc2)[C@@]12C(=O)N(c1ccccc1)N=C2C. The van der Waals surface area contributed by atoms with Gasteiger partial charge in [0.05, 0.1) is 18.0 Å². The summed E-state index contributed by atoms with van der Waals surface area (Å²) in [6.07, 6.45) is 2.86. The molecule has 1 heterocycles. The van der Waals surface area contributed by atoms with Crippen LogP contribution in [0.5, 0.6) is 0 Å². The third-order valence-electron chi connectivity index (χ3n) is 6.18. The van der Waals surface area contributed by atoms with Crippen molar-refractivity contribution in [2.24, 2.45) is 16.4 Å². The monoisotopic (exact) mass is 416 g/mol. The Morgan fingerprint density at radius 3 is 2.42 bits per heavy atom. The molecule has 0 saturated heterocycles. The lowest BCUT2D eigenvalue weighted by atomic mass is 9.56. The molecule has 0 bridgehead atoms. The Balaban J connectivity index is 1.94. The van der Waals surface area contributed by atoms with Gasteiger partial charge in [-0.05, 0) is 38.0 Å². The highest BCUT2D eigenvalue weighted by Gasteiger charge is 2.64. The summed E-state index contributed by atoms with van der Waals surface area (Å²) in [4.78, 5) is 39.3. The number of amides is 1. The lowest BCUT2D eigenvalue weighted by Gasteiger charge is -2.43. The van der Waals surface area contributed by atoms with Gasteiger partial charge in [-0.1, -0.05) is 54.6 Å². The van der Waals surface area contributed by atoms with Crippen LogP contribution in [0, 0.1) is 11.3 Å². The topological polar surface area (TPSA) is 76.0 Å². The van der Waals surface area contributed by atoms with E-state index in [9.17, 15) is 14.4 Å². The second-order valence-electron chi connectivity index (χ2n) is 7.71. The summed E-state index contributed by atoms with van der Waals surface area (Å²) in [5, 5.41) is 5.96. The fourth-order valence-electron chi connectivity index (χ4n) is 4.86. The van der Waals surface area contributed by atoms with Gasteiger partial charge in [-0.25, -0.2) is 0 Å². The molecule has 1 amide bonds. The highest BCUT2D eigenvalue weighted by molar-refractivity contribution is 6.22. The Morgan fingerprint density at radius 2 is 1.81 bits per heavy atom. The first-order chi connectivity index (χ1) is 15.1. The van der Waals surface area contributed by atoms with E-state index in [4.69, 9.17) is 4.74 Å². The maximum absolute atomic E-state index is 14.1. The van der Waals surface area contributed by atoms with Gasteiger partial charge in [0.1, 0.15) is 17.6 Å². The average Bonchev–Trinajstić information content (AvgIpc) is 3.06. The molecule has 2 aliphatic rings. The van der Waals surface area contributed by atoms with Gasteiger partial charge in [0.25, 0.3) is 5.91 Å². The highest BCUT2D eigenvalue weighted by atomic mass is 16.5. The minimum absolute atomic E-state index is 0.153. The van der Waals surface area contributed by atoms with E-state index in [1.807, 2.05) is 48.5 Å². The molecule has 158 valence electrons. The predicted octanol–water partition coefficient (Wildman–Crippen LogP) is 3.89. The van der Waals surface area contributed by atoms with Gasteiger partial charge in [-0.2, -0.15) is 10.1 Å². The zero-order valence-electron chi connectivity index (χ0n) is 17.5. The van der Waals surface area contributed by atoms with Crippen LogP contribution in [-0.4, -0.2) is 30.5 Å². The van der Waals surface area contributed by atoms with Gasteiger partial charge in [0.2, 0.25) is 0 Å². The molecule has 31 heavy (non-hydrogen) atoms. The Hall–Kier alpha value is -3.54. The largest absolute Gasteiger partial charge is 0.465 e. The number of ether oxygens (including phenoxy) is 1. The number of hydrogen-bond donors (Lipinski definition) is 0. The fourth-order valence-corrected chi connectivity index (χ4v) is 4.86. The molecule has 0 radical (unpaired) electrons. The van der Waals surface area contributed by atoms with Gasteiger partial charge in [-0.15, -0.1) is 0 Å². The molecule has 0 unspecified atom stereocenters. The summed E-state index contributed by atoms with van der Waals surface area (Å²) in [7, 11) is 0. The van der Waals surface area contributed by atoms with Crippen molar-refractivity contribution in [3.63, 3.8) is 0 Å². The maximum atomic E-state index is 14.1. The molecule has 1 aliphatic carbocycles. The van der Waals surface area contributed by atoms with E-state index < -0.39 is 17.3 Å². The fraction of sp³-hybridized carbons (Fsp3) is 0.280. The second-order valence-corrected chi connectivity index (χ2v) is 7.71. The van der Waals surface area contributed by atoms with Gasteiger partial charge < -0.3 is 4.74 Å². The minimum atomic E-state index is -1.34. The van der Waals surface area contributed by atoms with E-state index in [0.717, 1.165) is 5.56 Å². The smallest absolute Gasteiger partial charge is 0.315 e. The molecule has 6 nitrogen and oxygen atoms in total. The molecular formula is C25H24N2O4. The van der Waals surface area contributed by atoms with Crippen LogP contribution in [0.3, 0.4) is 0 Å². The lowest BCUT2D eigenvalue weighted by molar-refractivity contribution is -0.153. The van der Waals surface area contributed by atoms with Crippen LogP contribution in [0.2, 0.25) is 0 Å². The number of rotatable bonds is 5. The molecule has 4 rings (SSSR count). The quantitative estimate of drug-likeness (QED) is 0.547. The number of anilines is 1. The van der Waals surface area contributed by atoms with Crippen molar-refractivity contribution in [1.82, 2.24) is 0 Å². The maximum Gasteiger partial charge on any atom is 0.315 e. The first-order valence-electron chi connectivity index (χ1n) is 10.4. The first kappa shape index (κ1) is 20.7. The molecule has 0 saturated carbocycles. The number of allylic oxidation sites excluding steroid dienone is 1. The third kappa shape index (κ3) is 3.19. The Labute approximate surface area is 181 Å². The van der Waals surface area contributed by atoms with Crippen LogP contribution in [0.4, 0.5) is 5.69 Å². The van der Waals surface area contributed by atoms with Gasteiger partial charge in [0, 0.05) is 11.5 Å². The van der Waals surface area contributed by atoms with Crippen molar-refractivity contribution in [3.8, 4) is 0 Å². The summed E-state index contributed by atoms with van der Waals surface area (Å²) in [6.45, 7) is 3.62. The highest BCUT2D eigenvalue weighted by Crippen LogP contribution is 2.55. The first-order valence-corrected chi connectivity index (χ1v) is 10.4. The number of carbonyl (C=O) groups is 3. The summed E-state index contributed by atoms with van der Waals surface area (Å²) >= 11 is 0. The average molecular weight is 416 g/mol. The molecule has 2 aromatic carbocycles. The number of esters is 1. The third-order valence-corrected chi connectivity index (χ3v) is 6.18. The Kier molecular flexibility index (Phi) is 5.55. The predicted molar refractivity (Wildman–Crippen MR) is 118 cm³/mol. The molecule has 1 aliphatic heterocycles. The van der Waals surface area contributed by atoms with Gasteiger partial charge in [0.15, 0.2) is 0 Å². The van der Waals surface area contributed by atoms with E-state index in [0.29, 0.717) is 24.1 Å².